The molecule has 0 bridgehead atoms. The maximum Gasteiger partial charge on any atom is 0.338 e. The molecule has 0 saturated carbocycles. The van der Waals surface area contributed by atoms with Gasteiger partial charge in [0.2, 0.25) is 0 Å². The molecule has 5 nitrogen and oxygen atoms in total. The summed E-state index contributed by atoms with van der Waals surface area (Å²) in [7, 11) is 4.21. The van der Waals surface area contributed by atoms with E-state index < -0.39 is 0 Å². The summed E-state index contributed by atoms with van der Waals surface area (Å²) in [4.78, 5) is 13.9. The molecule has 1 aromatic rings. The average molecular weight is 365 g/mol. The summed E-state index contributed by atoms with van der Waals surface area (Å²) in [5.41, 5.74) is 0.291. The molecule has 0 radical (unpaired) electrons. The van der Waals surface area contributed by atoms with Crippen LogP contribution in [0.2, 0.25) is 0 Å². The van der Waals surface area contributed by atoms with Crippen LogP contribution in [-0.4, -0.2) is 51.5 Å². The van der Waals surface area contributed by atoms with Crippen LogP contribution in [-0.2, 0) is 9.47 Å². The van der Waals surface area contributed by atoms with Gasteiger partial charge in [0.25, 0.3) is 0 Å². The molecule has 1 aliphatic rings. The summed E-state index contributed by atoms with van der Waals surface area (Å²) in [5.74, 6) is 1.18. The third kappa shape index (κ3) is 6.29. The summed E-state index contributed by atoms with van der Waals surface area (Å²) >= 11 is 0. The minimum Gasteiger partial charge on any atom is -0.493 e. The second kappa shape index (κ2) is 8.87. The van der Waals surface area contributed by atoms with Crippen molar-refractivity contribution >= 4 is 5.97 Å². The molecule has 1 saturated heterocycles. The van der Waals surface area contributed by atoms with Gasteiger partial charge in [-0.05, 0) is 44.0 Å². The SMILES string of the molecule is CC(C)COc1ccc(C(=O)OC2CC(C)(C)OCC2C[NH+](C)C)cc1. The van der Waals surface area contributed by atoms with Crippen molar-refractivity contribution < 1.29 is 23.9 Å². The van der Waals surface area contributed by atoms with Crippen molar-refractivity contribution in [2.24, 2.45) is 11.8 Å². The number of esters is 1. The maximum atomic E-state index is 12.6. The first kappa shape index (κ1) is 20.7. The van der Waals surface area contributed by atoms with Crippen LogP contribution in [0, 0.1) is 11.8 Å². The van der Waals surface area contributed by atoms with Crippen LogP contribution in [0.5, 0.6) is 5.75 Å². The molecular formula is C21H34NO4+. The van der Waals surface area contributed by atoms with E-state index in [9.17, 15) is 4.79 Å². The summed E-state index contributed by atoms with van der Waals surface area (Å²) in [5, 5.41) is 0. The van der Waals surface area contributed by atoms with Crippen LogP contribution in [0.3, 0.4) is 0 Å². The molecule has 2 rings (SSSR count). The molecule has 26 heavy (non-hydrogen) atoms. The summed E-state index contributed by atoms with van der Waals surface area (Å²) < 4.78 is 17.5. The fourth-order valence-electron chi connectivity index (χ4n) is 3.16. The quantitative estimate of drug-likeness (QED) is 0.754. The monoisotopic (exact) mass is 364 g/mol. The van der Waals surface area contributed by atoms with Gasteiger partial charge in [-0.2, -0.15) is 0 Å². The van der Waals surface area contributed by atoms with Crippen LogP contribution in [0.4, 0.5) is 0 Å². The van der Waals surface area contributed by atoms with E-state index in [0.717, 1.165) is 12.3 Å². The number of hydrogen-bond donors (Lipinski definition) is 1. The van der Waals surface area contributed by atoms with Gasteiger partial charge in [-0.15, -0.1) is 0 Å². The van der Waals surface area contributed by atoms with Gasteiger partial charge in [0.1, 0.15) is 11.9 Å². The zero-order valence-electron chi connectivity index (χ0n) is 17.0. The highest BCUT2D eigenvalue weighted by atomic mass is 16.6. The number of carbonyl (C=O) groups excluding carboxylic acids is 1. The normalized spacial score (nSPS) is 22.5. The number of hydrogen-bond acceptors (Lipinski definition) is 4. The number of carbonyl (C=O) groups is 1. The van der Waals surface area contributed by atoms with Gasteiger partial charge in [0.15, 0.2) is 0 Å². The van der Waals surface area contributed by atoms with Gasteiger partial charge < -0.3 is 19.1 Å². The van der Waals surface area contributed by atoms with Crippen molar-refractivity contribution in [3.05, 3.63) is 29.8 Å². The van der Waals surface area contributed by atoms with Crippen molar-refractivity contribution in [3.63, 3.8) is 0 Å². The van der Waals surface area contributed by atoms with Crippen molar-refractivity contribution in [1.29, 1.82) is 0 Å². The van der Waals surface area contributed by atoms with Crippen LogP contribution in [0.1, 0.15) is 44.5 Å². The Kier molecular flexibility index (Phi) is 7.07. The fourth-order valence-corrected chi connectivity index (χ4v) is 3.16. The van der Waals surface area contributed by atoms with Crippen LogP contribution in [0.15, 0.2) is 24.3 Å². The van der Waals surface area contributed by atoms with E-state index in [1.165, 1.54) is 4.90 Å². The Morgan fingerprint density at radius 1 is 1.27 bits per heavy atom. The number of rotatable bonds is 7. The van der Waals surface area contributed by atoms with Gasteiger partial charge in [0, 0.05) is 6.42 Å². The summed E-state index contributed by atoms with van der Waals surface area (Å²) in [6.07, 6.45) is 0.588. The van der Waals surface area contributed by atoms with E-state index in [1.54, 1.807) is 12.1 Å². The largest absolute Gasteiger partial charge is 0.493 e. The Morgan fingerprint density at radius 2 is 1.92 bits per heavy atom. The predicted octanol–water partition coefficient (Wildman–Crippen LogP) is 2.21. The Labute approximate surface area is 157 Å². The molecule has 0 aliphatic carbocycles. The first-order valence-electron chi connectivity index (χ1n) is 9.53. The standard InChI is InChI=1S/C21H33NO4/c1-15(2)13-24-18-9-7-16(8-10-18)20(23)26-19-11-21(3,4)25-14-17(19)12-22(5)6/h7-10,15,17,19H,11-14H2,1-6H3/p+1. The molecule has 0 amide bonds. The smallest absolute Gasteiger partial charge is 0.338 e. The van der Waals surface area contributed by atoms with E-state index in [-0.39, 0.29) is 23.6 Å². The number of quaternary nitrogens is 1. The van der Waals surface area contributed by atoms with Crippen LogP contribution in [0.25, 0.3) is 0 Å². The molecule has 5 heteroatoms. The Morgan fingerprint density at radius 3 is 2.50 bits per heavy atom. The highest BCUT2D eigenvalue weighted by Crippen LogP contribution is 2.30. The molecular weight excluding hydrogens is 330 g/mol. The molecule has 1 aliphatic heterocycles. The second-order valence-corrected chi connectivity index (χ2v) is 8.62. The summed E-state index contributed by atoms with van der Waals surface area (Å²) in [6.45, 7) is 10.5. The van der Waals surface area contributed by atoms with Crippen LogP contribution < -0.4 is 9.64 Å². The molecule has 1 fully saturated rings. The van der Waals surface area contributed by atoms with Crippen molar-refractivity contribution in [3.8, 4) is 5.75 Å². The van der Waals surface area contributed by atoms with E-state index in [1.807, 2.05) is 26.0 Å². The molecule has 0 aromatic heterocycles. The van der Waals surface area contributed by atoms with E-state index in [2.05, 4.69) is 27.9 Å². The second-order valence-electron chi connectivity index (χ2n) is 8.62. The lowest BCUT2D eigenvalue weighted by atomic mass is 9.88. The van der Waals surface area contributed by atoms with Crippen molar-refractivity contribution in [2.75, 3.05) is 33.9 Å². The first-order chi connectivity index (χ1) is 12.2. The lowest BCUT2D eigenvalue weighted by Gasteiger charge is -2.40. The molecule has 1 heterocycles. The number of nitrogens with one attached hydrogen (secondary N) is 1. The van der Waals surface area contributed by atoms with Gasteiger partial charge >= 0.3 is 5.97 Å². The highest BCUT2D eigenvalue weighted by Gasteiger charge is 2.39. The molecule has 2 atom stereocenters. The summed E-state index contributed by atoms with van der Waals surface area (Å²) in [6, 6.07) is 7.20. The highest BCUT2D eigenvalue weighted by molar-refractivity contribution is 5.89. The van der Waals surface area contributed by atoms with Gasteiger partial charge in [-0.3, -0.25) is 0 Å². The Hall–Kier alpha value is -1.59. The maximum absolute atomic E-state index is 12.6. The molecule has 2 unspecified atom stereocenters. The van der Waals surface area contributed by atoms with Crippen LogP contribution >= 0.6 is 0 Å². The zero-order valence-corrected chi connectivity index (χ0v) is 17.0. The number of benzene rings is 1. The third-order valence-electron chi connectivity index (χ3n) is 4.51. The predicted molar refractivity (Wildman–Crippen MR) is 102 cm³/mol. The topological polar surface area (TPSA) is 49.2 Å². The van der Waals surface area contributed by atoms with E-state index in [4.69, 9.17) is 14.2 Å². The van der Waals surface area contributed by atoms with E-state index >= 15 is 0 Å². The molecule has 1 N–H and O–H groups in total. The van der Waals surface area contributed by atoms with Crippen molar-refractivity contribution in [2.45, 2.75) is 45.8 Å². The van der Waals surface area contributed by atoms with Crippen molar-refractivity contribution in [1.82, 2.24) is 0 Å². The lowest BCUT2D eigenvalue weighted by Crippen LogP contribution is -3.07. The lowest BCUT2D eigenvalue weighted by molar-refractivity contribution is -0.863. The zero-order chi connectivity index (χ0) is 19.3. The fraction of sp³-hybridized carbons (Fsp3) is 0.667. The van der Waals surface area contributed by atoms with Gasteiger partial charge in [-0.1, -0.05) is 13.8 Å². The van der Waals surface area contributed by atoms with Gasteiger partial charge in [-0.25, -0.2) is 4.79 Å². The first-order valence-corrected chi connectivity index (χ1v) is 9.53. The number of ether oxygens (including phenoxy) is 3. The van der Waals surface area contributed by atoms with Gasteiger partial charge in [0.05, 0.1) is 50.9 Å². The Bertz CT molecular complexity index is 580. The average Bonchev–Trinajstić information content (AvgIpc) is 2.55. The minimum atomic E-state index is -0.276. The minimum absolute atomic E-state index is 0.127. The molecule has 146 valence electrons. The molecule has 0 spiro atoms. The molecule has 1 aromatic carbocycles. The Balaban J connectivity index is 2.01. The third-order valence-corrected chi connectivity index (χ3v) is 4.51. The van der Waals surface area contributed by atoms with E-state index in [0.29, 0.717) is 31.1 Å².